The fraction of sp³-hybridized carbons (Fsp3) is 1.00. The van der Waals surface area contributed by atoms with E-state index < -0.39 is 6.29 Å². The lowest BCUT2D eigenvalue weighted by Crippen LogP contribution is -2.39. The minimum Gasteiger partial charge on any atom is -0.355 e. The molecule has 8 nitrogen and oxygen atoms in total. The quantitative estimate of drug-likeness (QED) is 0.403. The van der Waals surface area contributed by atoms with Gasteiger partial charge in [0.1, 0.15) is 0 Å². The van der Waals surface area contributed by atoms with Gasteiger partial charge in [-0.05, 0) is 23.9 Å². The average Bonchev–Trinajstić information content (AvgIpc) is 2.28. The van der Waals surface area contributed by atoms with E-state index in [0.29, 0.717) is 12.8 Å². The molecule has 0 aromatic carbocycles. The summed E-state index contributed by atoms with van der Waals surface area (Å²) in [7, 11) is 1.49. The highest BCUT2D eigenvalue weighted by Gasteiger charge is 2.30. The number of rotatable bonds is 4. The standard InChI is InChI=1S/C7H12N6O2/c1-14-7-6(11-13-9)3-2-5(15-7)4-10-12-8/h5-7H,2-4H2,1H3/t5-,6-,7+/m0/s1. The Morgan fingerprint density at radius 1 is 1.40 bits per heavy atom. The van der Waals surface area contributed by atoms with Gasteiger partial charge in [0.05, 0.1) is 18.7 Å². The van der Waals surface area contributed by atoms with Crippen LogP contribution in [0, 0.1) is 0 Å². The zero-order valence-electron chi connectivity index (χ0n) is 8.35. The first-order valence-corrected chi connectivity index (χ1v) is 4.55. The molecule has 8 heteroatoms. The second kappa shape index (κ2) is 6.10. The second-order valence-electron chi connectivity index (χ2n) is 3.13. The Morgan fingerprint density at radius 2 is 2.20 bits per heavy atom. The number of hydrogen-bond donors (Lipinski definition) is 0. The highest BCUT2D eigenvalue weighted by atomic mass is 16.7. The smallest absolute Gasteiger partial charge is 0.166 e. The van der Waals surface area contributed by atoms with Crippen LogP contribution in [0.2, 0.25) is 0 Å². The molecule has 0 aromatic rings. The maximum absolute atomic E-state index is 8.32. The fourth-order valence-electron chi connectivity index (χ4n) is 1.49. The molecule has 1 rings (SSSR count). The summed E-state index contributed by atoms with van der Waals surface area (Å²) in [6.45, 7) is 0.277. The second-order valence-corrected chi connectivity index (χ2v) is 3.13. The van der Waals surface area contributed by atoms with Crippen molar-refractivity contribution in [2.24, 2.45) is 10.2 Å². The molecule has 15 heavy (non-hydrogen) atoms. The minimum absolute atomic E-state index is 0.156. The Hall–Kier alpha value is -1.46. The van der Waals surface area contributed by atoms with Crippen LogP contribution in [0.1, 0.15) is 12.8 Å². The van der Waals surface area contributed by atoms with Gasteiger partial charge < -0.3 is 9.47 Å². The van der Waals surface area contributed by atoms with E-state index >= 15 is 0 Å². The summed E-state index contributed by atoms with van der Waals surface area (Å²) in [6, 6.07) is -0.303. The van der Waals surface area contributed by atoms with Crippen molar-refractivity contribution in [1.29, 1.82) is 0 Å². The number of ether oxygens (including phenoxy) is 2. The molecule has 3 atom stereocenters. The monoisotopic (exact) mass is 212 g/mol. The highest BCUT2D eigenvalue weighted by Crippen LogP contribution is 2.23. The molecule has 0 spiro atoms. The lowest BCUT2D eigenvalue weighted by molar-refractivity contribution is -0.185. The van der Waals surface area contributed by atoms with Gasteiger partial charge in [-0.25, -0.2) is 0 Å². The third-order valence-electron chi connectivity index (χ3n) is 2.21. The summed E-state index contributed by atoms with van der Waals surface area (Å²) < 4.78 is 10.5. The largest absolute Gasteiger partial charge is 0.355 e. The van der Waals surface area contributed by atoms with E-state index in [1.807, 2.05) is 0 Å². The van der Waals surface area contributed by atoms with E-state index in [-0.39, 0.29) is 18.7 Å². The molecule has 1 fully saturated rings. The van der Waals surface area contributed by atoms with E-state index in [9.17, 15) is 0 Å². The Morgan fingerprint density at radius 3 is 2.80 bits per heavy atom. The first kappa shape index (κ1) is 11.6. The number of nitrogens with zero attached hydrogens (tertiary/aromatic N) is 6. The molecule has 0 aliphatic carbocycles. The third-order valence-corrected chi connectivity index (χ3v) is 2.21. The van der Waals surface area contributed by atoms with Crippen molar-refractivity contribution in [2.75, 3.05) is 13.7 Å². The third kappa shape index (κ3) is 3.30. The van der Waals surface area contributed by atoms with E-state index in [0.717, 1.165) is 0 Å². The zero-order chi connectivity index (χ0) is 11.1. The van der Waals surface area contributed by atoms with Crippen molar-refractivity contribution in [3.63, 3.8) is 0 Å². The van der Waals surface area contributed by atoms with E-state index in [1.54, 1.807) is 0 Å². The molecular formula is C7H12N6O2. The van der Waals surface area contributed by atoms with Crippen molar-refractivity contribution < 1.29 is 9.47 Å². The van der Waals surface area contributed by atoms with Crippen LogP contribution in [0.25, 0.3) is 20.9 Å². The SMILES string of the molecule is CO[C@@H]1O[C@H](CN=[N+]=[N-])CC[C@@H]1N=[N+]=[N-]. The highest BCUT2D eigenvalue weighted by molar-refractivity contribution is 4.80. The topological polar surface area (TPSA) is 116 Å². The minimum atomic E-state index is -0.548. The van der Waals surface area contributed by atoms with Gasteiger partial charge in [0, 0.05) is 16.9 Å². The molecule has 82 valence electrons. The molecule has 0 N–H and O–H groups in total. The molecule has 0 radical (unpaired) electrons. The van der Waals surface area contributed by atoms with Gasteiger partial charge in [0.15, 0.2) is 6.29 Å². The van der Waals surface area contributed by atoms with Gasteiger partial charge in [-0.1, -0.05) is 10.2 Å². The van der Waals surface area contributed by atoms with Crippen LogP contribution in [-0.2, 0) is 9.47 Å². The van der Waals surface area contributed by atoms with Gasteiger partial charge in [-0.3, -0.25) is 0 Å². The molecule has 0 bridgehead atoms. The average molecular weight is 212 g/mol. The molecule has 1 heterocycles. The molecular weight excluding hydrogens is 200 g/mol. The summed E-state index contributed by atoms with van der Waals surface area (Å²) in [5.74, 6) is 0. The Labute approximate surface area is 86.4 Å². The molecule has 0 aromatic heterocycles. The van der Waals surface area contributed by atoms with Crippen LogP contribution in [0.15, 0.2) is 10.2 Å². The van der Waals surface area contributed by atoms with Crippen molar-refractivity contribution in [2.45, 2.75) is 31.3 Å². The van der Waals surface area contributed by atoms with Gasteiger partial charge in [0.25, 0.3) is 0 Å². The molecule has 1 aliphatic rings. The van der Waals surface area contributed by atoms with Crippen LogP contribution >= 0.6 is 0 Å². The van der Waals surface area contributed by atoms with Crippen LogP contribution in [0.4, 0.5) is 0 Å². The number of methoxy groups -OCH3 is 1. The lowest BCUT2D eigenvalue weighted by atomic mass is 10.0. The predicted molar refractivity (Wildman–Crippen MR) is 51.9 cm³/mol. The summed E-state index contributed by atoms with van der Waals surface area (Å²) in [4.78, 5) is 5.39. The normalized spacial score (nSPS) is 30.1. The van der Waals surface area contributed by atoms with Gasteiger partial charge >= 0.3 is 0 Å². The predicted octanol–water partition coefficient (Wildman–Crippen LogP) is 2.13. The molecule has 0 saturated carbocycles. The van der Waals surface area contributed by atoms with Crippen LogP contribution in [0.5, 0.6) is 0 Å². The van der Waals surface area contributed by atoms with Crippen molar-refractivity contribution in [3.05, 3.63) is 20.9 Å². The Bertz CT molecular complexity index is 296. The van der Waals surface area contributed by atoms with Crippen LogP contribution in [-0.4, -0.2) is 32.1 Å². The Balaban J connectivity index is 2.53. The van der Waals surface area contributed by atoms with Gasteiger partial charge in [0.2, 0.25) is 0 Å². The molecule has 1 aliphatic heterocycles. The van der Waals surface area contributed by atoms with Gasteiger partial charge in [-0.15, -0.1) is 0 Å². The fourth-order valence-corrected chi connectivity index (χ4v) is 1.49. The maximum Gasteiger partial charge on any atom is 0.166 e. The van der Waals surface area contributed by atoms with E-state index in [2.05, 4.69) is 20.1 Å². The first-order valence-electron chi connectivity index (χ1n) is 4.55. The summed E-state index contributed by atoms with van der Waals surface area (Å²) in [6.07, 6.45) is 0.668. The number of azide groups is 2. The summed E-state index contributed by atoms with van der Waals surface area (Å²) in [5, 5.41) is 7.01. The maximum atomic E-state index is 8.32. The van der Waals surface area contributed by atoms with Crippen LogP contribution in [0.3, 0.4) is 0 Å². The first-order chi connectivity index (χ1) is 7.31. The van der Waals surface area contributed by atoms with Gasteiger partial charge in [-0.2, -0.15) is 0 Å². The number of hydrogen-bond acceptors (Lipinski definition) is 4. The van der Waals surface area contributed by atoms with Crippen molar-refractivity contribution in [3.8, 4) is 0 Å². The van der Waals surface area contributed by atoms with Crippen molar-refractivity contribution in [1.82, 2.24) is 0 Å². The lowest BCUT2D eigenvalue weighted by Gasteiger charge is -2.32. The van der Waals surface area contributed by atoms with E-state index in [1.165, 1.54) is 7.11 Å². The Kier molecular flexibility index (Phi) is 4.73. The van der Waals surface area contributed by atoms with Crippen molar-refractivity contribution >= 4 is 0 Å². The van der Waals surface area contributed by atoms with Crippen LogP contribution < -0.4 is 0 Å². The summed E-state index contributed by atoms with van der Waals surface area (Å²) >= 11 is 0. The molecule has 1 saturated heterocycles. The summed E-state index contributed by atoms with van der Waals surface area (Å²) in [5.41, 5.74) is 16.5. The zero-order valence-corrected chi connectivity index (χ0v) is 8.35. The molecule has 0 amide bonds. The van der Waals surface area contributed by atoms with E-state index in [4.69, 9.17) is 20.5 Å². The molecule has 0 unspecified atom stereocenters.